The normalized spacial score (nSPS) is 22.3. The van der Waals surface area contributed by atoms with Crippen LogP contribution in [0.5, 0.6) is 0 Å². The van der Waals surface area contributed by atoms with Crippen molar-refractivity contribution < 1.29 is 19.8 Å². The van der Waals surface area contributed by atoms with E-state index in [9.17, 15) is 14.7 Å². The van der Waals surface area contributed by atoms with Gasteiger partial charge in [0.1, 0.15) is 6.04 Å². The topological polar surface area (TPSA) is 89.9 Å². The molecule has 1 aliphatic heterocycles. The number of aliphatic carboxylic acids is 1. The van der Waals surface area contributed by atoms with E-state index in [0.717, 1.165) is 9.37 Å². The number of benzene rings is 1. The van der Waals surface area contributed by atoms with Crippen LogP contribution in [0.3, 0.4) is 0 Å². The number of β-amino-alcohol motifs (C(OH)–C–C–N with tert-alkyl or cyclic N) is 1. The highest BCUT2D eigenvalue weighted by molar-refractivity contribution is 9.10. The van der Waals surface area contributed by atoms with E-state index >= 15 is 0 Å². The first-order valence-electron chi connectivity index (χ1n) is 5.71. The number of aliphatic hydroxyl groups is 1. The smallest absolute Gasteiger partial charge is 0.326 e. The van der Waals surface area contributed by atoms with Crippen molar-refractivity contribution in [3.05, 3.63) is 28.7 Å². The van der Waals surface area contributed by atoms with Crippen LogP contribution < -0.4 is 5.32 Å². The molecule has 0 unspecified atom stereocenters. The lowest BCUT2D eigenvalue weighted by molar-refractivity contribution is -0.141. The Hall–Kier alpha value is -1.60. The Morgan fingerprint density at radius 2 is 2.16 bits per heavy atom. The highest BCUT2D eigenvalue weighted by Gasteiger charge is 2.38. The zero-order chi connectivity index (χ0) is 14.0. The Kier molecular flexibility index (Phi) is 4.06. The molecule has 1 aromatic rings. The van der Waals surface area contributed by atoms with Gasteiger partial charge in [-0.05, 0) is 18.2 Å². The Labute approximate surface area is 118 Å². The number of carboxylic acid groups (broad SMARTS) is 1. The third-order valence-corrected chi connectivity index (χ3v) is 3.39. The molecule has 1 aromatic carbocycles. The SMILES string of the molecule is O=C(O)[C@H]1C[C@@H](O)CN1C(=O)Nc1cccc(Br)c1. The maximum atomic E-state index is 12.0. The van der Waals surface area contributed by atoms with E-state index in [1.165, 1.54) is 0 Å². The number of hydrogen-bond acceptors (Lipinski definition) is 3. The summed E-state index contributed by atoms with van der Waals surface area (Å²) in [5, 5.41) is 21.1. The van der Waals surface area contributed by atoms with Gasteiger partial charge in [0.05, 0.1) is 6.10 Å². The Bertz CT molecular complexity index is 508. The zero-order valence-electron chi connectivity index (χ0n) is 9.91. The van der Waals surface area contributed by atoms with Gasteiger partial charge in [0.2, 0.25) is 0 Å². The second-order valence-corrected chi connectivity index (χ2v) is 5.25. The minimum Gasteiger partial charge on any atom is -0.480 e. The van der Waals surface area contributed by atoms with Crippen LogP contribution >= 0.6 is 15.9 Å². The summed E-state index contributed by atoms with van der Waals surface area (Å²) in [6, 6.07) is 5.47. The summed E-state index contributed by atoms with van der Waals surface area (Å²) in [4.78, 5) is 24.2. The van der Waals surface area contributed by atoms with E-state index in [1.54, 1.807) is 18.2 Å². The fraction of sp³-hybridized carbons (Fsp3) is 0.333. The van der Waals surface area contributed by atoms with Crippen LogP contribution in [0.1, 0.15) is 6.42 Å². The molecule has 1 fully saturated rings. The van der Waals surface area contributed by atoms with Gasteiger partial charge in [0, 0.05) is 23.1 Å². The largest absolute Gasteiger partial charge is 0.480 e. The van der Waals surface area contributed by atoms with E-state index < -0.39 is 24.1 Å². The summed E-state index contributed by atoms with van der Waals surface area (Å²) in [6.45, 7) is 0.0246. The Morgan fingerprint density at radius 3 is 2.79 bits per heavy atom. The number of nitrogens with zero attached hydrogens (tertiary/aromatic N) is 1. The highest BCUT2D eigenvalue weighted by atomic mass is 79.9. The van der Waals surface area contributed by atoms with Gasteiger partial charge in [-0.3, -0.25) is 0 Å². The fourth-order valence-corrected chi connectivity index (χ4v) is 2.43. The number of likely N-dealkylation sites (tertiary alicyclic amines) is 1. The number of hydrogen-bond donors (Lipinski definition) is 3. The van der Waals surface area contributed by atoms with Gasteiger partial charge in [0.25, 0.3) is 0 Å². The first kappa shape index (κ1) is 13.8. The Morgan fingerprint density at radius 1 is 1.42 bits per heavy atom. The van der Waals surface area contributed by atoms with Crippen molar-refractivity contribution in [2.24, 2.45) is 0 Å². The Balaban J connectivity index is 2.09. The number of carboxylic acids is 1. The predicted molar refractivity (Wildman–Crippen MR) is 71.9 cm³/mol. The van der Waals surface area contributed by atoms with E-state index in [2.05, 4.69) is 21.2 Å². The first-order valence-corrected chi connectivity index (χ1v) is 6.50. The van der Waals surface area contributed by atoms with E-state index in [0.29, 0.717) is 5.69 Å². The second kappa shape index (κ2) is 5.58. The van der Waals surface area contributed by atoms with Gasteiger partial charge in [-0.15, -0.1) is 0 Å². The maximum absolute atomic E-state index is 12.0. The lowest BCUT2D eigenvalue weighted by atomic mass is 10.2. The molecule has 0 aromatic heterocycles. The van der Waals surface area contributed by atoms with Crippen molar-refractivity contribution in [3.63, 3.8) is 0 Å². The summed E-state index contributed by atoms with van der Waals surface area (Å²) in [7, 11) is 0. The molecule has 7 heteroatoms. The van der Waals surface area contributed by atoms with Gasteiger partial charge >= 0.3 is 12.0 Å². The fourth-order valence-electron chi connectivity index (χ4n) is 2.03. The average molecular weight is 329 g/mol. The molecule has 6 nitrogen and oxygen atoms in total. The number of rotatable bonds is 2. The van der Waals surface area contributed by atoms with Crippen LogP contribution in [0.2, 0.25) is 0 Å². The summed E-state index contributed by atoms with van der Waals surface area (Å²) < 4.78 is 0.807. The second-order valence-electron chi connectivity index (χ2n) is 4.34. The maximum Gasteiger partial charge on any atom is 0.326 e. The van der Waals surface area contributed by atoms with Crippen LogP contribution in [0, 0.1) is 0 Å². The number of anilines is 1. The molecule has 0 spiro atoms. The quantitative estimate of drug-likeness (QED) is 0.767. The summed E-state index contributed by atoms with van der Waals surface area (Å²) in [5.74, 6) is -1.11. The van der Waals surface area contributed by atoms with E-state index in [1.807, 2.05) is 6.07 Å². The summed E-state index contributed by atoms with van der Waals surface area (Å²) in [6.07, 6.45) is -0.740. The molecule has 2 rings (SSSR count). The lowest BCUT2D eigenvalue weighted by Crippen LogP contribution is -2.43. The number of amides is 2. The van der Waals surface area contributed by atoms with Crippen LogP contribution in [0.15, 0.2) is 28.7 Å². The molecule has 0 saturated carbocycles. The van der Waals surface area contributed by atoms with Crippen LogP contribution in [0.4, 0.5) is 10.5 Å². The summed E-state index contributed by atoms with van der Waals surface area (Å²) in [5.41, 5.74) is 0.560. The third kappa shape index (κ3) is 3.24. The van der Waals surface area contributed by atoms with E-state index in [-0.39, 0.29) is 13.0 Å². The van der Waals surface area contributed by atoms with Gasteiger partial charge in [-0.2, -0.15) is 0 Å². The molecule has 0 radical (unpaired) electrons. The van der Waals surface area contributed by atoms with Crippen molar-refractivity contribution in [2.75, 3.05) is 11.9 Å². The average Bonchev–Trinajstić information content (AvgIpc) is 2.71. The minimum absolute atomic E-state index is 0.0246. The molecule has 2 amide bonds. The third-order valence-electron chi connectivity index (χ3n) is 2.90. The van der Waals surface area contributed by atoms with Gasteiger partial charge in [-0.25, -0.2) is 9.59 Å². The molecule has 1 heterocycles. The molecular weight excluding hydrogens is 316 g/mol. The molecule has 2 atom stereocenters. The number of aliphatic hydroxyl groups excluding tert-OH is 1. The van der Waals surface area contributed by atoms with Crippen LogP contribution in [-0.2, 0) is 4.79 Å². The number of nitrogens with one attached hydrogen (secondary N) is 1. The monoisotopic (exact) mass is 328 g/mol. The highest BCUT2D eigenvalue weighted by Crippen LogP contribution is 2.21. The van der Waals surface area contributed by atoms with Crippen molar-refractivity contribution in [3.8, 4) is 0 Å². The molecular formula is C12H13BrN2O4. The number of carbonyl (C=O) groups excluding carboxylic acids is 1. The number of halogens is 1. The molecule has 102 valence electrons. The van der Waals surface area contributed by atoms with Gasteiger partial charge in [-0.1, -0.05) is 22.0 Å². The molecule has 19 heavy (non-hydrogen) atoms. The van der Waals surface area contributed by atoms with E-state index in [4.69, 9.17) is 5.11 Å². The predicted octanol–water partition coefficient (Wildman–Crippen LogP) is 1.50. The molecule has 0 aliphatic carbocycles. The first-order chi connectivity index (χ1) is 8.97. The molecule has 0 bridgehead atoms. The van der Waals surface area contributed by atoms with Crippen molar-refractivity contribution in [1.82, 2.24) is 4.90 Å². The van der Waals surface area contributed by atoms with Crippen LogP contribution in [-0.4, -0.2) is 45.8 Å². The van der Waals surface area contributed by atoms with Crippen molar-refractivity contribution in [2.45, 2.75) is 18.6 Å². The standard InChI is InChI=1S/C12H13BrN2O4/c13-7-2-1-3-8(4-7)14-12(19)15-6-9(16)5-10(15)11(17)18/h1-4,9-10,16H,5-6H2,(H,14,19)(H,17,18)/t9-,10-/m1/s1. The lowest BCUT2D eigenvalue weighted by Gasteiger charge is -2.21. The molecule has 3 N–H and O–H groups in total. The van der Waals surface area contributed by atoms with Crippen molar-refractivity contribution in [1.29, 1.82) is 0 Å². The van der Waals surface area contributed by atoms with Crippen molar-refractivity contribution >= 4 is 33.6 Å². The molecule has 1 saturated heterocycles. The minimum atomic E-state index is -1.11. The van der Waals surface area contributed by atoms with Gasteiger partial charge < -0.3 is 20.4 Å². The number of carbonyl (C=O) groups is 2. The van der Waals surface area contributed by atoms with Gasteiger partial charge in [0.15, 0.2) is 0 Å². The molecule has 1 aliphatic rings. The number of urea groups is 1. The summed E-state index contributed by atoms with van der Waals surface area (Å²) >= 11 is 3.28. The zero-order valence-corrected chi connectivity index (χ0v) is 11.5. The van der Waals surface area contributed by atoms with Crippen LogP contribution in [0.25, 0.3) is 0 Å².